The molecule has 0 saturated heterocycles. The summed E-state index contributed by atoms with van der Waals surface area (Å²) in [4.78, 5) is 7.33. The molecule has 3 nitrogen and oxygen atoms in total. The van der Waals surface area contributed by atoms with Gasteiger partial charge in [0.15, 0.2) is 0 Å². The van der Waals surface area contributed by atoms with Crippen molar-refractivity contribution in [3.05, 3.63) is 52.0 Å². The van der Waals surface area contributed by atoms with Gasteiger partial charge in [-0.2, -0.15) is 0 Å². The molecule has 88 valence electrons. The van der Waals surface area contributed by atoms with Gasteiger partial charge in [0.05, 0.1) is 6.54 Å². The lowest BCUT2D eigenvalue weighted by Crippen LogP contribution is -2.19. The standard InChI is InChI=1S/C13H14BrN3/c14-10-2-3-11-9(7-10)1-4-12(11)17-8-13-15-5-6-16-13/h2-3,5-7,12,17H,1,4,8H2,(H,15,16). The maximum Gasteiger partial charge on any atom is 0.120 e. The van der Waals surface area contributed by atoms with Crippen molar-refractivity contribution in [2.24, 2.45) is 0 Å². The van der Waals surface area contributed by atoms with E-state index in [1.54, 1.807) is 6.20 Å². The van der Waals surface area contributed by atoms with E-state index in [-0.39, 0.29) is 0 Å². The van der Waals surface area contributed by atoms with Crippen LogP contribution >= 0.6 is 15.9 Å². The fraction of sp³-hybridized carbons (Fsp3) is 0.308. The molecule has 0 aliphatic heterocycles. The molecule has 2 aromatic rings. The van der Waals surface area contributed by atoms with Gasteiger partial charge in [0.2, 0.25) is 0 Å². The number of halogens is 1. The van der Waals surface area contributed by atoms with E-state index in [1.807, 2.05) is 6.20 Å². The van der Waals surface area contributed by atoms with Crippen LogP contribution in [0.15, 0.2) is 35.1 Å². The van der Waals surface area contributed by atoms with E-state index in [0.29, 0.717) is 6.04 Å². The summed E-state index contributed by atoms with van der Waals surface area (Å²) in [7, 11) is 0. The first-order valence-electron chi connectivity index (χ1n) is 5.83. The second-order valence-electron chi connectivity index (χ2n) is 4.35. The smallest absolute Gasteiger partial charge is 0.120 e. The molecule has 17 heavy (non-hydrogen) atoms. The van der Waals surface area contributed by atoms with Crippen LogP contribution in [0.25, 0.3) is 0 Å². The molecule has 1 aliphatic carbocycles. The molecule has 1 aromatic heterocycles. The lowest BCUT2D eigenvalue weighted by atomic mass is 10.1. The summed E-state index contributed by atoms with van der Waals surface area (Å²) in [6.45, 7) is 0.799. The minimum Gasteiger partial charge on any atom is -0.348 e. The van der Waals surface area contributed by atoms with Gasteiger partial charge in [-0.25, -0.2) is 4.98 Å². The normalized spacial score (nSPS) is 18.3. The molecule has 0 amide bonds. The number of aromatic nitrogens is 2. The number of rotatable bonds is 3. The van der Waals surface area contributed by atoms with E-state index in [9.17, 15) is 0 Å². The van der Waals surface area contributed by atoms with Crippen molar-refractivity contribution in [1.29, 1.82) is 0 Å². The lowest BCUT2D eigenvalue weighted by Gasteiger charge is -2.13. The van der Waals surface area contributed by atoms with Gasteiger partial charge in [-0.05, 0) is 36.1 Å². The van der Waals surface area contributed by atoms with E-state index < -0.39 is 0 Å². The average Bonchev–Trinajstić information content (AvgIpc) is 2.94. The lowest BCUT2D eigenvalue weighted by molar-refractivity contribution is 0.521. The Kier molecular flexibility index (Phi) is 2.99. The van der Waals surface area contributed by atoms with Gasteiger partial charge in [0, 0.05) is 22.9 Å². The van der Waals surface area contributed by atoms with Crippen LogP contribution in [-0.2, 0) is 13.0 Å². The first-order chi connectivity index (χ1) is 8.33. The molecule has 0 saturated carbocycles. The van der Waals surface area contributed by atoms with Crippen molar-refractivity contribution in [1.82, 2.24) is 15.3 Å². The Balaban J connectivity index is 1.71. The Bertz CT molecular complexity index is 507. The van der Waals surface area contributed by atoms with Crippen LogP contribution in [0.1, 0.15) is 29.4 Å². The summed E-state index contributed by atoms with van der Waals surface area (Å²) >= 11 is 3.52. The highest BCUT2D eigenvalue weighted by Gasteiger charge is 2.21. The van der Waals surface area contributed by atoms with E-state index in [0.717, 1.165) is 18.8 Å². The molecule has 1 heterocycles. The molecule has 1 unspecified atom stereocenters. The number of nitrogens with zero attached hydrogens (tertiary/aromatic N) is 1. The highest BCUT2D eigenvalue weighted by molar-refractivity contribution is 9.10. The van der Waals surface area contributed by atoms with Crippen molar-refractivity contribution in [3.63, 3.8) is 0 Å². The quantitative estimate of drug-likeness (QED) is 0.913. The predicted octanol–water partition coefficient (Wildman–Crippen LogP) is 2.95. The maximum atomic E-state index is 4.22. The van der Waals surface area contributed by atoms with Gasteiger partial charge >= 0.3 is 0 Å². The average molecular weight is 292 g/mol. The summed E-state index contributed by atoms with van der Waals surface area (Å²) < 4.78 is 1.17. The van der Waals surface area contributed by atoms with Gasteiger partial charge in [0.1, 0.15) is 5.82 Å². The van der Waals surface area contributed by atoms with Crippen molar-refractivity contribution in [2.75, 3.05) is 0 Å². The molecule has 2 N–H and O–H groups in total. The summed E-state index contributed by atoms with van der Waals surface area (Å²) in [5.74, 6) is 0.996. The summed E-state index contributed by atoms with van der Waals surface area (Å²) in [6, 6.07) is 7.02. The first kappa shape index (κ1) is 11.0. The van der Waals surface area contributed by atoms with E-state index in [1.165, 1.54) is 22.0 Å². The molecule has 1 aliphatic rings. The Labute approximate surface area is 109 Å². The largest absolute Gasteiger partial charge is 0.348 e. The van der Waals surface area contributed by atoms with Crippen LogP contribution in [0.5, 0.6) is 0 Å². The zero-order valence-corrected chi connectivity index (χ0v) is 11.0. The fourth-order valence-corrected chi connectivity index (χ4v) is 2.82. The molecule has 0 spiro atoms. The van der Waals surface area contributed by atoms with Crippen LogP contribution in [0, 0.1) is 0 Å². The SMILES string of the molecule is Brc1ccc2c(c1)CCC2NCc1ncc[nH]1. The minimum absolute atomic E-state index is 0.461. The molecule has 0 radical (unpaired) electrons. The van der Waals surface area contributed by atoms with Crippen LogP contribution in [0.3, 0.4) is 0 Å². The second kappa shape index (κ2) is 4.63. The van der Waals surface area contributed by atoms with Gasteiger partial charge in [-0.1, -0.05) is 22.0 Å². The number of aromatic amines is 1. The Morgan fingerprint density at radius 2 is 2.41 bits per heavy atom. The monoisotopic (exact) mass is 291 g/mol. The molecular weight excluding hydrogens is 278 g/mol. The van der Waals surface area contributed by atoms with Gasteiger partial charge in [-0.3, -0.25) is 0 Å². The van der Waals surface area contributed by atoms with Crippen LogP contribution in [0.2, 0.25) is 0 Å². The number of aryl methyl sites for hydroxylation is 1. The predicted molar refractivity (Wildman–Crippen MR) is 70.6 cm³/mol. The maximum absolute atomic E-state index is 4.22. The second-order valence-corrected chi connectivity index (χ2v) is 5.27. The van der Waals surface area contributed by atoms with Crippen molar-refractivity contribution in [3.8, 4) is 0 Å². The molecule has 0 fully saturated rings. The highest BCUT2D eigenvalue weighted by Crippen LogP contribution is 2.32. The number of H-pyrrole nitrogens is 1. The molecule has 1 atom stereocenters. The highest BCUT2D eigenvalue weighted by atomic mass is 79.9. The minimum atomic E-state index is 0.461. The summed E-state index contributed by atoms with van der Waals surface area (Å²) in [5, 5.41) is 3.55. The van der Waals surface area contributed by atoms with Crippen LogP contribution in [0.4, 0.5) is 0 Å². The third-order valence-electron chi connectivity index (χ3n) is 3.25. The summed E-state index contributed by atoms with van der Waals surface area (Å²) in [5.41, 5.74) is 2.89. The van der Waals surface area contributed by atoms with Crippen molar-refractivity contribution in [2.45, 2.75) is 25.4 Å². The summed E-state index contributed by atoms with van der Waals surface area (Å²) in [6.07, 6.45) is 5.98. The number of imidazole rings is 1. The fourth-order valence-electron chi connectivity index (χ4n) is 2.41. The van der Waals surface area contributed by atoms with Gasteiger partial charge in [-0.15, -0.1) is 0 Å². The first-order valence-corrected chi connectivity index (χ1v) is 6.62. The van der Waals surface area contributed by atoms with Gasteiger partial charge in [0.25, 0.3) is 0 Å². The zero-order chi connectivity index (χ0) is 11.7. The number of nitrogens with one attached hydrogen (secondary N) is 2. The molecule has 1 aromatic carbocycles. The Morgan fingerprint density at radius 3 is 3.24 bits per heavy atom. The van der Waals surface area contributed by atoms with E-state index in [2.05, 4.69) is 49.4 Å². The number of benzene rings is 1. The topological polar surface area (TPSA) is 40.7 Å². The third-order valence-corrected chi connectivity index (χ3v) is 3.75. The molecule has 0 bridgehead atoms. The molecular formula is C13H14BrN3. The van der Waals surface area contributed by atoms with E-state index in [4.69, 9.17) is 0 Å². The van der Waals surface area contributed by atoms with Gasteiger partial charge < -0.3 is 10.3 Å². The van der Waals surface area contributed by atoms with Crippen LogP contribution in [-0.4, -0.2) is 9.97 Å². The number of fused-ring (bicyclic) bond motifs is 1. The Hall–Kier alpha value is -1.13. The third kappa shape index (κ3) is 2.28. The van der Waals surface area contributed by atoms with Crippen molar-refractivity contribution < 1.29 is 0 Å². The van der Waals surface area contributed by atoms with Crippen molar-refractivity contribution >= 4 is 15.9 Å². The number of hydrogen-bond donors (Lipinski definition) is 2. The zero-order valence-electron chi connectivity index (χ0n) is 9.41. The van der Waals surface area contributed by atoms with Crippen LogP contribution < -0.4 is 5.32 Å². The van der Waals surface area contributed by atoms with E-state index >= 15 is 0 Å². The molecule has 3 rings (SSSR count). The Morgan fingerprint density at radius 1 is 1.47 bits per heavy atom. The molecule has 4 heteroatoms. The number of hydrogen-bond acceptors (Lipinski definition) is 2.